The number of ketones is 5. The molecule has 1 saturated heterocycles. The summed E-state index contributed by atoms with van der Waals surface area (Å²) in [5.74, 6) is -9.57. The molecule has 8 rings (SSSR count). The van der Waals surface area contributed by atoms with Crippen LogP contribution >= 0.6 is 0 Å². The van der Waals surface area contributed by atoms with Crippen molar-refractivity contribution in [2.75, 3.05) is 5.73 Å². The van der Waals surface area contributed by atoms with Crippen molar-refractivity contribution in [3.8, 4) is 0 Å². The number of hydrogen-bond donors (Lipinski definition) is 4. The second-order valence-electron chi connectivity index (χ2n) is 14.3. The van der Waals surface area contributed by atoms with Gasteiger partial charge in [-0.05, 0) is 14.9 Å². The predicted octanol–water partition coefficient (Wildman–Crippen LogP) is 3.98. The van der Waals surface area contributed by atoms with Gasteiger partial charge < -0.3 is 35.9 Å². The largest absolute Gasteiger partial charge is 0.473 e. The van der Waals surface area contributed by atoms with Crippen LogP contribution in [-0.4, -0.2) is 91.6 Å². The Labute approximate surface area is 349 Å². The number of nitro groups is 1. The van der Waals surface area contributed by atoms with Crippen LogP contribution in [0.3, 0.4) is 0 Å². The third-order valence-electron chi connectivity index (χ3n) is 10.9. The van der Waals surface area contributed by atoms with Crippen LogP contribution in [0.5, 0.6) is 0 Å². The number of fused-ring (bicyclic) bond motifs is 1. The van der Waals surface area contributed by atoms with Crippen LogP contribution in [0.1, 0.15) is 51.8 Å². The molecule has 0 bridgehead atoms. The molecule has 308 valence electrons. The van der Waals surface area contributed by atoms with E-state index in [-0.39, 0.29) is 5.56 Å². The molecule has 0 radical (unpaired) electrons. The number of anilines is 1. The van der Waals surface area contributed by atoms with E-state index in [0.29, 0.717) is 10.9 Å². The fourth-order valence-corrected chi connectivity index (χ4v) is 8.03. The minimum Gasteiger partial charge on any atom is -0.390 e. The summed E-state index contributed by atoms with van der Waals surface area (Å²) in [5.41, 5.74) is -13.4. The van der Waals surface area contributed by atoms with Crippen LogP contribution in [0.4, 0.5) is 11.8 Å². The Hall–Kier alpha value is -7.96. The number of aromatic nitrogens is 4. The van der Waals surface area contributed by atoms with E-state index >= 15 is 19.2 Å². The Morgan fingerprint density at radius 3 is 1.47 bits per heavy atom. The average molecular weight is 833 g/mol. The molecule has 2 aromatic heterocycles. The number of Topliss-reactive ketones (excluding diaryl/α,β-unsaturated/α-hetero) is 5. The van der Waals surface area contributed by atoms with E-state index in [1.54, 1.807) is 0 Å². The van der Waals surface area contributed by atoms with Crippen LogP contribution < -0.4 is 5.73 Å². The average Bonchev–Trinajstić information content (AvgIpc) is 3.84. The molecule has 1 aliphatic heterocycles. The van der Waals surface area contributed by atoms with Crippen LogP contribution in [0, 0.1) is 10.1 Å². The van der Waals surface area contributed by atoms with Gasteiger partial charge >= 0.3 is 5.95 Å². The number of aliphatic hydroxyl groups excluding tert-OH is 1. The van der Waals surface area contributed by atoms with Crippen molar-refractivity contribution < 1.29 is 49.0 Å². The highest BCUT2D eigenvalue weighted by Gasteiger charge is 2.91. The summed E-state index contributed by atoms with van der Waals surface area (Å²) in [4.78, 5) is 101. The minimum absolute atomic E-state index is 0.299. The maximum Gasteiger partial charge on any atom is 0.473 e. The van der Waals surface area contributed by atoms with Crippen molar-refractivity contribution in [1.29, 1.82) is 0 Å². The van der Waals surface area contributed by atoms with Crippen LogP contribution in [0.25, 0.3) is 11.2 Å². The lowest BCUT2D eigenvalue weighted by Crippen LogP contribution is -2.78. The topological polar surface area (TPSA) is 268 Å². The Bertz CT molecular complexity index is 2870. The zero-order chi connectivity index (χ0) is 44.0. The molecule has 7 aromatic rings. The van der Waals surface area contributed by atoms with Crippen molar-refractivity contribution in [2.24, 2.45) is 0 Å². The number of hydrogen-bond acceptors (Lipinski definition) is 15. The Balaban J connectivity index is 1.64. The first kappa shape index (κ1) is 40.8. The normalized spacial score (nSPS) is 22.4. The zero-order valence-electron chi connectivity index (χ0n) is 32.0. The number of nitrogens with two attached hydrogens (primary N) is 1. The maximum absolute atomic E-state index is 15.9. The number of nitrogen functional groups attached to an aromatic ring is 1. The standard InChI is InChI=1S/C45H32N6O11/c46-39-32-40(49-41(48-39)51(60)61)50(26-47-32)45(37(56)31-24-14-5-15-25-31)44(59,36(55)30-22-12-4-13-23-30)43(58,35(54)29-20-10-3-11-21-29)42(62-45,34(53)28-18-8-2-9-19-28)38(57)33(52)27-16-6-1-7-17-27/h1-26,38,57-59H,(H2,46,48,49)/t38?,42-,43-,44-,45-/m1/s1. The first-order valence-corrected chi connectivity index (χ1v) is 18.7. The van der Waals surface area contributed by atoms with E-state index in [0.717, 1.165) is 24.3 Å². The first-order chi connectivity index (χ1) is 29.8. The molecule has 17 nitrogen and oxygen atoms in total. The van der Waals surface area contributed by atoms with Crippen molar-refractivity contribution in [2.45, 2.75) is 28.6 Å². The van der Waals surface area contributed by atoms with Gasteiger partial charge in [0, 0.05) is 27.8 Å². The minimum atomic E-state index is -4.24. The van der Waals surface area contributed by atoms with Gasteiger partial charge in [0.1, 0.15) is 6.33 Å². The summed E-state index contributed by atoms with van der Waals surface area (Å²) >= 11 is 0. The zero-order valence-corrected chi connectivity index (χ0v) is 32.0. The highest BCUT2D eigenvalue weighted by molar-refractivity contribution is 6.24. The molecule has 1 unspecified atom stereocenters. The lowest BCUT2D eigenvalue weighted by molar-refractivity contribution is -0.394. The molecule has 1 fully saturated rings. The Morgan fingerprint density at radius 1 is 0.613 bits per heavy atom. The number of carbonyl (C=O) groups excluding carboxylic acids is 5. The lowest BCUT2D eigenvalue weighted by Gasteiger charge is -2.45. The molecule has 0 saturated carbocycles. The smallest absolute Gasteiger partial charge is 0.390 e. The third-order valence-corrected chi connectivity index (χ3v) is 10.9. The van der Waals surface area contributed by atoms with Gasteiger partial charge in [0.05, 0.1) is 0 Å². The summed E-state index contributed by atoms with van der Waals surface area (Å²) in [6.45, 7) is 0. The molecule has 62 heavy (non-hydrogen) atoms. The third kappa shape index (κ3) is 5.71. The van der Waals surface area contributed by atoms with E-state index in [1.165, 1.54) is 127 Å². The summed E-state index contributed by atoms with van der Waals surface area (Å²) in [6, 6.07) is 33.1. The first-order valence-electron chi connectivity index (χ1n) is 18.7. The second kappa shape index (κ2) is 15.3. The summed E-state index contributed by atoms with van der Waals surface area (Å²) in [6.07, 6.45) is -2.34. The highest BCUT2D eigenvalue weighted by Crippen LogP contribution is 2.61. The van der Waals surface area contributed by atoms with Gasteiger partial charge in [-0.1, -0.05) is 152 Å². The van der Waals surface area contributed by atoms with Crippen molar-refractivity contribution in [3.63, 3.8) is 0 Å². The van der Waals surface area contributed by atoms with E-state index in [9.17, 15) is 30.2 Å². The van der Waals surface area contributed by atoms with Gasteiger partial charge in [-0.2, -0.15) is 0 Å². The van der Waals surface area contributed by atoms with Crippen molar-refractivity contribution in [3.05, 3.63) is 196 Å². The van der Waals surface area contributed by atoms with Gasteiger partial charge in [-0.25, -0.2) is 4.98 Å². The second-order valence-corrected chi connectivity index (χ2v) is 14.3. The monoisotopic (exact) mass is 832 g/mol. The Kier molecular flexibility index (Phi) is 10.0. The van der Waals surface area contributed by atoms with Crippen LogP contribution in [0.2, 0.25) is 0 Å². The van der Waals surface area contributed by atoms with Crippen molar-refractivity contribution in [1.82, 2.24) is 19.5 Å². The lowest BCUT2D eigenvalue weighted by atomic mass is 9.59. The predicted molar refractivity (Wildman–Crippen MR) is 218 cm³/mol. The molecule has 0 amide bonds. The molecule has 5 N–H and O–H groups in total. The quantitative estimate of drug-likeness (QED) is 0.0727. The van der Waals surface area contributed by atoms with Gasteiger partial charge in [0.25, 0.3) is 5.72 Å². The van der Waals surface area contributed by atoms with E-state index in [4.69, 9.17) is 10.5 Å². The fraction of sp³-hybridized carbons (Fsp3) is 0.111. The molecule has 3 heterocycles. The van der Waals surface area contributed by atoms with E-state index in [1.807, 2.05) is 0 Å². The van der Waals surface area contributed by atoms with Crippen LogP contribution in [0.15, 0.2) is 158 Å². The van der Waals surface area contributed by atoms with Crippen LogP contribution in [-0.2, 0) is 10.5 Å². The van der Waals surface area contributed by atoms with Gasteiger partial charge in [0.2, 0.25) is 51.4 Å². The number of benzene rings is 5. The molecule has 5 atom stereocenters. The molecule has 0 spiro atoms. The molecule has 0 aliphatic carbocycles. The number of ether oxygens (including phenoxy) is 1. The van der Waals surface area contributed by atoms with E-state index < -0.39 is 108 Å². The molecular formula is C45H32N6O11. The number of carbonyl (C=O) groups is 5. The van der Waals surface area contributed by atoms with Gasteiger partial charge in [-0.3, -0.25) is 28.5 Å². The summed E-state index contributed by atoms with van der Waals surface area (Å²) in [5, 5.41) is 53.2. The number of aliphatic hydroxyl groups is 3. The molecular weight excluding hydrogens is 801 g/mol. The molecule has 1 aliphatic rings. The SMILES string of the molecule is Nc1nc([N+](=O)[O-])nc2c1ncn2[C@]1(C(=O)c2ccccc2)O[C@](C(=O)c2ccccc2)(C(O)C(=O)c2ccccc2)[C@](O)(C(=O)c2ccccc2)[C@]1(O)C(=O)c1ccccc1. The van der Waals surface area contributed by atoms with Crippen molar-refractivity contribution >= 4 is 51.8 Å². The molecule has 17 heteroatoms. The Morgan fingerprint density at radius 2 is 1.02 bits per heavy atom. The fourth-order valence-electron chi connectivity index (χ4n) is 8.03. The van der Waals surface area contributed by atoms with Gasteiger partial charge in [-0.15, -0.1) is 0 Å². The number of imidazole rings is 1. The molecule has 5 aromatic carbocycles. The maximum atomic E-state index is 15.9. The highest BCUT2D eigenvalue weighted by atomic mass is 16.6. The number of rotatable bonds is 13. The summed E-state index contributed by atoms with van der Waals surface area (Å²) < 4.78 is 7.23. The number of nitrogens with zero attached hydrogens (tertiary/aromatic N) is 5. The van der Waals surface area contributed by atoms with Gasteiger partial charge in [0.15, 0.2) is 17.4 Å². The summed E-state index contributed by atoms with van der Waals surface area (Å²) in [7, 11) is 0. The van der Waals surface area contributed by atoms with E-state index in [2.05, 4.69) is 15.0 Å².